The van der Waals surface area contributed by atoms with Crippen molar-refractivity contribution in [3.63, 3.8) is 0 Å². The summed E-state index contributed by atoms with van der Waals surface area (Å²) in [6.07, 6.45) is 7.69. The van der Waals surface area contributed by atoms with Gasteiger partial charge in [0.1, 0.15) is 0 Å². The van der Waals surface area contributed by atoms with Crippen molar-refractivity contribution < 1.29 is 13.2 Å². The lowest BCUT2D eigenvalue weighted by Crippen LogP contribution is -2.47. The third-order valence-corrected chi connectivity index (χ3v) is 4.88. The maximum Gasteiger partial charge on any atom is 0.303 e. The van der Waals surface area contributed by atoms with E-state index in [0.717, 1.165) is 19.3 Å². The van der Waals surface area contributed by atoms with Crippen LogP contribution < -0.4 is 4.72 Å². The zero-order valence-corrected chi connectivity index (χ0v) is 12.3. The van der Waals surface area contributed by atoms with E-state index in [0.29, 0.717) is 19.6 Å². The molecule has 1 aliphatic heterocycles. The number of nitrogens with one attached hydrogen (secondary N) is 1. The number of nitrogens with zero attached hydrogens (tertiary/aromatic N) is 3. The fraction of sp³-hybridized carbons (Fsp3) is 0.667. The average molecular weight is 300 g/mol. The van der Waals surface area contributed by atoms with Crippen molar-refractivity contribution in [3.8, 4) is 0 Å². The molecule has 1 N–H and O–H groups in total. The van der Waals surface area contributed by atoms with Crippen molar-refractivity contribution in [2.24, 2.45) is 5.92 Å². The molecule has 1 saturated heterocycles. The molecule has 0 saturated carbocycles. The molecule has 0 aliphatic carbocycles. The van der Waals surface area contributed by atoms with Gasteiger partial charge in [-0.25, -0.2) is 9.71 Å². The summed E-state index contributed by atoms with van der Waals surface area (Å²) in [5.74, 6) is -0.923. The van der Waals surface area contributed by atoms with Gasteiger partial charge in [-0.3, -0.25) is 4.79 Å². The Balaban J connectivity index is 1.92. The maximum absolute atomic E-state index is 12.1. The van der Waals surface area contributed by atoms with E-state index in [4.69, 9.17) is 0 Å². The number of hydrogen-bond acceptors (Lipinski definition) is 4. The van der Waals surface area contributed by atoms with Crippen molar-refractivity contribution in [1.82, 2.24) is 18.6 Å². The fourth-order valence-corrected chi connectivity index (χ4v) is 3.51. The first-order valence-corrected chi connectivity index (χ1v) is 8.20. The predicted molar refractivity (Wildman–Crippen MR) is 73.9 cm³/mol. The quantitative estimate of drug-likeness (QED) is 0.851. The number of amides is 1. The van der Waals surface area contributed by atoms with Gasteiger partial charge in [-0.15, -0.1) is 0 Å². The van der Waals surface area contributed by atoms with Gasteiger partial charge >= 0.3 is 10.2 Å². The fourth-order valence-electron chi connectivity index (χ4n) is 2.19. The van der Waals surface area contributed by atoms with Crippen molar-refractivity contribution in [2.75, 3.05) is 13.1 Å². The smallest absolute Gasteiger partial charge is 0.303 e. The van der Waals surface area contributed by atoms with Gasteiger partial charge in [-0.1, -0.05) is 13.3 Å². The van der Waals surface area contributed by atoms with E-state index < -0.39 is 22.0 Å². The molecule has 1 aliphatic rings. The Labute approximate surface area is 119 Å². The number of rotatable bonds is 5. The van der Waals surface area contributed by atoms with Crippen LogP contribution >= 0.6 is 0 Å². The second kappa shape index (κ2) is 6.36. The largest absolute Gasteiger partial charge is 0.337 e. The molecule has 2 rings (SSSR count). The molecule has 1 atom stereocenters. The number of aromatic nitrogens is 2. The summed E-state index contributed by atoms with van der Waals surface area (Å²) in [6, 6.07) is 0. The van der Waals surface area contributed by atoms with Crippen LogP contribution in [-0.2, 0) is 21.5 Å². The summed E-state index contributed by atoms with van der Waals surface area (Å²) in [5.41, 5.74) is 0. The Morgan fingerprint density at radius 2 is 2.05 bits per heavy atom. The Hall–Kier alpha value is -1.41. The number of hydrogen-bond donors (Lipinski definition) is 1. The monoisotopic (exact) mass is 300 g/mol. The van der Waals surface area contributed by atoms with E-state index in [2.05, 4.69) is 9.71 Å². The molecule has 8 heteroatoms. The summed E-state index contributed by atoms with van der Waals surface area (Å²) in [5, 5.41) is 0. The first-order valence-electron chi connectivity index (χ1n) is 6.76. The molecule has 1 amide bonds. The van der Waals surface area contributed by atoms with Gasteiger partial charge in [-0.2, -0.15) is 12.7 Å². The molecule has 112 valence electrons. The van der Waals surface area contributed by atoms with Crippen LogP contribution in [0, 0.1) is 5.92 Å². The van der Waals surface area contributed by atoms with Crippen molar-refractivity contribution >= 4 is 16.1 Å². The molecule has 7 nitrogen and oxygen atoms in total. The van der Waals surface area contributed by atoms with Crippen LogP contribution in [0.25, 0.3) is 0 Å². The number of piperidine rings is 1. The van der Waals surface area contributed by atoms with E-state index in [1.165, 1.54) is 4.31 Å². The third kappa shape index (κ3) is 3.80. The molecule has 20 heavy (non-hydrogen) atoms. The van der Waals surface area contributed by atoms with Gasteiger partial charge in [0, 0.05) is 32.0 Å². The third-order valence-electron chi connectivity index (χ3n) is 3.38. The summed E-state index contributed by atoms with van der Waals surface area (Å²) >= 11 is 0. The lowest BCUT2D eigenvalue weighted by Gasteiger charge is -2.26. The molecule has 0 spiro atoms. The molecule has 1 aromatic heterocycles. The van der Waals surface area contributed by atoms with Crippen LogP contribution in [0.4, 0.5) is 0 Å². The topological polar surface area (TPSA) is 84.3 Å². The van der Waals surface area contributed by atoms with Crippen LogP contribution in [0.15, 0.2) is 18.7 Å². The lowest BCUT2D eigenvalue weighted by atomic mass is 10.2. The lowest BCUT2D eigenvalue weighted by molar-refractivity contribution is -0.123. The molecular formula is C12H20N4O3S. The van der Waals surface area contributed by atoms with Gasteiger partial charge in [0.15, 0.2) is 0 Å². The summed E-state index contributed by atoms with van der Waals surface area (Å²) in [7, 11) is -3.70. The Kier molecular flexibility index (Phi) is 4.77. The van der Waals surface area contributed by atoms with Gasteiger partial charge in [0.05, 0.1) is 12.2 Å². The van der Waals surface area contributed by atoms with Crippen molar-refractivity contribution in [2.45, 2.75) is 32.7 Å². The molecule has 0 aromatic carbocycles. The van der Waals surface area contributed by atoms with Crippen molar-refractivity contribution in [1.29, 1.82) is 0 Å². The van der Waals surface area contributed by atoms with E-state index >= 15 is 0 Å². The SMILES string of the molecule is CC(Cn1ccnc1)C(=O)NS(=O)(=O)N1CCCCC1. The second-order valence-corrected chi connectivity index (χ2v) is 6.76. The zero-order chi connectivity index (χ0) is 14.6. The molecule has 1 fully saturated rings. The molecule has 2 heterocycles. The highest BCUT2D eigenvalue weighted by Crippen LogP contribution is 2.12. The molecule has 1 unspecified atom stereocenters. The predicted octanol–water partition coefficient (Wildman–Crippen LogP) is 0.366. The van der Waals surface area contributed by atoms with Gasteiger partial charge < -0.3 is 4.57 Å². The molecular weight excluding hydrogens is 280 g/mol. The van der Waals surface area contributed by atoms with Crippen molar-refractivity contribution in [3.05, 3.63) is 18.7 Å². The van der Waals surface area contributed by atoms with Crippen LogP contribution in [0.3, 0.4) is 0 Å². The highest BCUT2D eigenvalue weighted by atomic mass is 32.2. The highest BCUT2D eigenvalue weighted by molar-refractivity contribution is 7.87. The van der Waals surface area contributed by atoms with Gasteiger partial charge in [-0.05, 0) is 12.8 Å². The Morgan fingerprint density at radius 1 is 1.35 bits per heavy atom. The number of carbonyl (C=O) groups is 1. The second-order valence-electron chi connectivity index (χ2n) is 5.09. The van der Waals surface area contributed by atoms with Crippen LogP contribution in [0.5, 0.6) is 0 Å². The van der Waals surface area contributed by atoms with Gasteiger partial charge in [0.25, 0.3) is 0 Å². The molecule has 0 bridgehead atoms. The zero-order valence-electron chi connectivity index (χ0n) is 11.5. The van der Waals surface area contributed by atoms with Crippen LogP contribution in [0.2, 0.25) is 0 Å². The minimum absolute atomic E-state index is 0.404. The first kappa shape index (κ1) is 15.0. The summed E-state index contributed by atoms with van der Waals surface area (Å²) < 4.78 is 29.4. The van der Waals surface area contributed by atoms with E-state index in [1.807, 2.05) is 0 Å². The summed E-state index contributed by atoms with van der Waals surface area (Å²) in [6.45, 7) is 3.07. The van der Waals surface area contributed by atoms with E-state index in [1.54, 1.807) is 30.2 Å². The molecule has 1 aromatic rings. The Morgan fingerprint density at radius 3 is 2.65 bits per heavy atom. The van der Waals surface area contributed by atoms with E-state index in [9.17, 15) is 13.2 Å². The first-order chi connectivity index (χ1) is 9.49. The van der Waals surface area contributed by atoms with E-state index in [-0.39, 0.29) is 0 Å². The number of carbonyl (C=O) groups excluding carboxylic acids is 1. The van der Waals surface area contributed by atoms with Crippen LogP contribution in [0.1, 0.15) is 26.2 Å². The normalized spacial score (nSPS) is 18.6. The number of imidazole rings is 1. The highest BCUT2D eigenvalue weighted by Gasteiger charge is 2.27. The maximum atomic E-state index is 12.1. The Bertz CT molecular complexity index is 535. The summed E-state index contributed by atoms with van der Waals surface area (Å²) in [4.78, 5) is 15.9. The minimum Gasteiger partial charge on any atom is -0.337 e. The molecule has 0 radical (unpaired) electrons. The average Bonchev–Trinajstić information content (AvgIpc) is 2.92. The standard InChI is InChI=1S/C12H20N4O3S/c1-11(9-15-8-5-13-10-15)12(17)14-20(18,19)16-6-3-2-4-7-16/h5,8,10-11H,2-4,6-7,9H2,1H3,(H,14,17). The van der Waals surface area contributed by atoms with Gasteiger partial charge in [0.2, 0.25) is 5.91 Å². The van der Waals surface area contributed by atoms with Crippen LogP contribution in [-0.4, -0.2) is 41.3 Å². The minimum atomic E-state index is -3.70.